The normalized spacial score (nSPS) is 12.8. The Hall–Kier alpha value is -0.520. The van der Waals surface area contributed by atoms with Gasteiger partial charge in [-0.1, -0.05) is 15.9 Å². The van der Waals surface area contributed by atoms with Gasteiger partial charge in [0.1, 0.15) is 11.4 Å². The zero-order valence-corrected chi connectivity index (χ0v) is 11.8. The molecule has 0 bridgehead atoms. The van der Waals surface area contributed by atoms with E-state index in [1.165, 1.54) is 0 Å². The molecular formula is C11H14BrNO2S. The summed E-state index contributed by atoms with van der Waals surface area (Å²) in [6.45, 7) is 3.31. The summed E-state index contributed by atoms with van der Waals surface area (Å²) in [7, 11) is 1.58. The number of halogens is 1. The van der Waals surface area contributed by atoms with Gasteiger partial charge >= 0.3 is 0 Å². The predicted octanol–water partition coefficient (Wildman–Crippen LogP) is 2.86. The lowest BCUT2D eigenvalue weighted by molar-refractivity contribution is 0.154. The topological polar surface area (TPSA) is 41.8 Å². The van der Waals surface area contributed by atoms with E-state index in [4.69, 9.17) is 4.74 Å². The molecule has 0 saturated heterocycles. The fourth-order valence-electron chi connectivity index (χ4n) is 1.37. The maximum absolute atomic E-state index is 9.99. The van der Waals surface area contributed by atoms with Crippen LogP contribution in [0.2, 0.25) is 0 Å². The minimum Gasteiger partial charge on any atom is -0.496 e. The number of nitrogens with zero attached hydrogens (tertiary/aromatic N) is 1. The summed E-state index contributed by atoms with van der Waals surface area (Å²) >= 11 is 7.27. The van der Waals surface area contributed by atoms with E-state index in [0.29, 0.717) is 11.5 Å². The van der Waals surface area contributed by atoms with Gasteiger partial charge in [-0.15, -0.1) is 0 Å². The zero-order valence-electron chi connectivity index (χ0n) is 9.36. The van der Waals surface area contributed by atoms with Gasteiger partial charge in [0.25, 0.3) is 0 Å². The van der Waals surface area contributed by atoms with Gasteiger partial charge in [-0.2, -0.15) is 0 Å². The number of benzene rings is 1. The Bertz CT molecular complexity index is 413. The lowest BCUT2D eigenvalue weighted by atomic mass is 9.95. The monoisotopic (exact) mass is 303 g/mol. The molecule has 16 heavy (non-hydrogen) atoms. The Balaban J connectivity index is 3.35. The molecule has 1 N–H and O–H groups in total. The van der Waals surface area contributed by atoms with Crippen molar-refractivity contribution in [1.82, 2.24) is 0 Å². The Kier molecular flexibility index (Phi) is 4.41. The van der Waals surface area contributed by atoms with Crippen molar-refractivity contribution in [3.63, 3.8) is 0 Å². The summed E-state index contributed by atoms with van der Waals surface area (Å²) in [4.78, 5) is 0. The number of ether oxygens (including phenoxy) is 1. The van der Waals surface area contributed by atoms with Gasteiger partial charge in [0.2, 0.25) is 0 Å². The van der Waals surface area contributed by atoms with Crippen LogP contribution in [0.1, 0.15) is 19.4 Å². The first-order valence-electron chi connectivity index (χ1n) is 4.69. The number of rotatable bonds is 3. The fraction of sp³-hybridized carbons (Fsp3) is 0.364. The molecule has 0 unspecified atom stereocenters. The lowest BCUT2D eigenvalue weighted by Crippen LogP contribution is -2.32. The summed E-state index contributed by atoms with van der Waals surface area (Å²) in [5.74, 6) is 0.651. The van der Waals surface area contributed by atoms with E-state index < -0.39 is 5.60 Å². The molecule has 1 aromatic rings. The molecule has 3 nitrogen and oxygen atoms in total. The summed E-state index contributed by atoms with van der Waals surface area (Å²) in [5, 5.41) is 9.99. The largest absolute Gasteiger partial charge is 0.496 e. The highest BCUT2D eigenvalue weighted by Crippen LogP contribution is 2.27. The number of thiol groups is 1. The molecule has 0 atom stereocenters. The van der Waals surface area contributed by atoms with Crippen LogP contribution in [0.15, 0.2) is 27.1 Å². The second kappa shape index (κ2) is 5.21. The van der Waals surface area contributed by atoms with Crippen LogP contribution >= 0.6 is 28.7 Å². The molecule has 0 radical (unpaired) electrons. The third kappa shape index (κ3) is 2.99. The third-order valence-corrected chi connectivity index (χ3v) is 2.79. The zero-order chi connectivity index (χ0) is 12.3. The summed E-state index contributed by atoms with van der Waals surface area (Å²) in [5.41, 5.74) is 0.115. The van der Waals surface area contributed by atoms with Gasteiger partial charge in [-0.05, 0) is 44.9 Å². The first-order chi connectivity index (χ1) is 7.40. The lowest BCUT2D eigenvalue weighted by Gasteiger charge is -2.21. The minimum absolute atomic E-state index is 0.467. The van der Waals surface area contributed by atoms with Gasteiger partial charge in [0.15, 0.2) is 0 Å². The molecule has 0 aliphatic carbocycles. The van der Waals surface area contributed by atoms with Crippen LogP contribution in [0.3, 0.4) is 0 Å². The van der Waals surface area contributed by atoms with E-state index in [9.17, 15) is 5.11 Å². The van der Waals surface area contributed by atoms with Crippen LogP contribution in [-0.2, 0) is 0 Å². The average molecular weight is 304 g/mol. The highest BCUT2D eigenvalue weighted by atomic mass is 79.9. The molecule has 0 fully saturated rings. The summed E-state index contributed by atoms with van der Waals surface area (Å²) < 4.78 is 9.96. The molecule has 5 heteroatoms. The van der Waals surface area contributed by atoms with Crippen LogP contribution in [0.4, 0.5) is 0 Å². The first-order valence-corrected chi connectivity index (χ1v) is 5.88. The number of methoxy groups -OCH3 is 1. The van der Waals surface area contributed by atoms with E-state index in [2.05, 4.69) is 33.1 Å². The molecule has 0 amide bonds. The van der Waals surface area contributed by atoms with Crippen LogP contribution in [-0.4, -0.2) is 23.5 Å². The Labute approximate surface area is 109 Å². The minimum atomic E-state index is -1.07. The predicted molar refractivity (Wildman–Crippen MR) is 72.5 cm³/mol. The van der Waals surface area contributed by atoms with Crippen molar-refractivity contribution >= 4 is 34.5 Å². The summed E-state index contributed by atoms with van der Waals surface area (Å²) in [6, 6.07) is 5.51. The van der Waals surface area contributed by atoms with Gasteiger partial charge in [-0.3, -0.25) is 0 Å². The van der Waals surface area contributed by atoms with Crippen molar-refractivity contribution in [2.75, 3.05) is 7.11 Å². The van der Waals surface area contributed by atoms with E-state index in [1.807, 2.05) is 18.2 Å². The number of hydrogen-bond acceptors (Lipinski definition) is 4. The third-order valence-electron chi connectivity index (χ3n) is 2.10. The Morgan fingerprint density at radius 2 is 2.12 bits per heavy atom. The van der Waals surface area contributed by atoms with Crippen molar-refractivity contribution in [3.05, 3.63) is 28.2 Å². The average Bonchev–Trinajstić information content (AvgIpc) is 2.17. The second-order valence-corrected chi connectivity index (χ2v) is 4.97. The van der Waals surface area contributed by atoms with Crippen LogP contribution in [0.25, 0.3) is 0 Å². The van der Waals surface area contributed by atoms with Gasteiger partial charge in [-0.25, -0.2) is 4.40 Å². The highest BCUT2D eigenvalue weighted by molar-refractivity contribution is 9.10. The van der Waals surface area contributed by atoms with E-state index in [1.54, 1.807) is 21.0 Å². The number of aliphatic hydroxyl groups is 1. The highest BCUT2D eigenvalue weighted by Gasteiger charge is 2.25. The van der Waals surface area contributed by atoms with Crippen LogP contribution in [0.5, 0.6) is 5.75 Å². The van der Waals surface area contributed by atoms with Crippen molar-refractivity contribution in [3.8, 4) is 5.75 Å². The Morgan fingerprint density at radius 3 is 2.56 bits per heavy atom. The van der Waals surface area contributed by atoms with Crippen LogP contribution in [0, 0.1) is 0 Å². The molecule has 1 rings (SSSR count). The van der Waals surface area contributed by atoms with Crippen molar-refractivity contribution in [2.45, 2.75) is 19.4 Å². The standard InChI is InChI=1S/C11H14BrNO2S/c1-11(2,14)10(13-16)8-6-7(12)4-5-9(8)15-3/h4-6,14,16H,1-3H3. The maximum atomic E-state index is 9.99. The quantitative estimate of drug-likeness (QED) is 0.666. The van der Waals surface area contributed by atoms with Gasteiger partial charge < -0.3 is 9.84 Å². The molecule has 0 saturated carbocycles. The number of hydrogen-bond donors (Lipinski definition) is 2. The van der Waals surface area contributed by atoms with Crippen molar-refractivity contribution in [1.29, 1.82) is 0 Å². The first kappa shape index (κ1) is 13.5. The smallest absolute Gasteiger partial charge is 0.128 e. The molecule has 0 spiro atoms. The Morgan fingerprint density at radius 1 is 1.50 bits per heavy atom. The van der Waals surface area contributed by atoms with Gasteiger partial charge in [0, 0.05) is 10.0 Å². The molecule has 0 aliphatic heterocycles. The summed E-state index contributed by atoms with van der Waals surface area (Å²) in [6.07, 6.45) is 0. The van der Waals surface area contributed by atoms with E-state index in [-0.39, 0.29) is 0 Å². The van der Waals surface area contributed by atoms with Crippen LogP contribution < -0.4 is 4.74 Å². The molecule has 0 heterocycles. The SMILES string of the molecule is COc1ccc(Br)cc1C(=NS)C(C)(C)O. The van der Waals surface area contributed by atoms with Gasteiger partial charge in [0.05, 0.1) is 12.8 Å². The molecule has 88 valence electrons. The van der Waals surface area contributed by atoms with Crippen molar-refractivity contribution < 1.29 is 9.84 Å². The molecular weight excluding hydrogens is 290 g/mol. The maximum Gasteiger partial charge on any atom is 0.128 e. The van der Waals surface area contributed by atoms with E-state index >= 15 is 0 Å². The van der Waals surface area contributed by atoms with Crippen molar-refractivity contribution in [2.24, 2.45) is 4.40 Å². The molecule has 1 aromatic carbocycles. The van der Waals surface area contributed by atoms with E-state index in [0.717, 1.165) is 10.0 Å². The molecule has 0 aromatic heterocycles. The fourth-order valence-corrected chi connectivity index (χ4v) is 2.08. The molecule has 0 aliphatic rings. The second-order valence-electron chi connectivity index (χ2n) is 3.85.